The molecule has 0 bridgehead atoms. The summed E-state index contributed by atoms with van der Waals surface area (Å²) in [6.07, 6.45) is 5.29. The van der Waals surface area contributed by atoms with E-state index in [2.05, 4.69) is 6.92 Å². The van der Waals surface area contributed by atoms with E-state index in [-0.39, 0.29) is 17.2 Å². The van der Waals surface area contributed by atoms with E-state index in [4.69, 9.17) is 4.74 Å². The Hall–Kier alpha value is -2.82. The lowest BCUT2D eigenvalue weighted by molar-refractivity contribution is 0.303. The first-order valence-corrected chi connectivity index (χ1v) is 12.0. The molecule has 1 fully saturated rings. The van der Waals surface area contributed by atoms with Crippen molar-refractivity contribution in [2.24, 2.45) is 5.92 Å². The first-order valence-electron chi connectivity index (χ1n) is 12.0. The van der Waals surface area contributed by atoms with Crippen LogP contribution in [0.1, 0.15) is 61.6 Å². The quantitative estimate of drug-likeness (QED) is 0.315. The summed E-state index contributed by atoms with van der Waals surface area (Å²) in [6, 6.07) is 14.0. The molecule has 0 aromatic heterocycles. The van der Waals surface area contributed by atoms with Crippen LogP contribution in [-0.2, 0) is 12.8 Å². The second kappa shape index (κ2) is 10.6. The summed E-state index contributed by atoms with van der Waals surface area (Å²) >= 11 is 0. The largest absolute Gasteiger partial charge is 0.494 e. The summed E-state index contributed by atoms with van der Waals surface area (Å²) in [5.74, 6) is -3.12. The van der Waals surface area contributed by atoms with Crippen LogP contribution >= 0.6 is 0 Å². The third-order valence-electron chi connectivity index (χ3n) is 7.24. The third-order valence-corrected chi connectivity index (χ3v) is 7.24. The van der Waals surface area contributed by atoms with Crippen LogP contribution in [0, 0.1) is 29.2 Å². The van der Waals surface area contributed by atoms with E-state index in [1.807, 2.05) is 24.3 Å². The highest BCUT2D eigenvalue weighted by molar-refractivity contribution is 5.65. The molecule has 0 radical (unpaired) electrons. The Labute approximate surface area is 198 Å². The number of benzene rings is 3. The van der Waals surface area contributed by atoms with Gasteiger partial charge in [-0.05, 0) is 85.1 Å². The Balaban J connectivity index is 1.38. The standard InChI is InChI=1S/C29H30F4O/c1-3-18-4-9-20(10-5-18)23-15-16-24(28(32)27(23)31)21-11-6-19(7-12-21)8-13-22-14-17-25(34-2)29(33)26(22)30/h4-5,9-10,14-17,19,21H,3,6-8,11-13H2,1-2H3. The van der Waals surface area contributed by atoms with E-state index in [0.29, 0.717) is 29.0 Å². The number of ether oxygens (including phenoxy) is 1. The van der Waals surface area contributed by atoms with Crippen molar-refractivity contribution in [2.45, 2.75) is 57.8 Å². The van der Waals surface area contributed by atoms with E-state index in [0.717, 1.165) is 44.1 Å². The van der Waals surface area contributed by atoms with Crippen molar-refractivity contribution in [3.05, 3.63) is 88.5 Å². The van der Waals surface area contributed by atoms with Crippen molar-refractivity contribution in [1.82, 2.24) is 0 Å². The average Bonchev–Trinajstić information content (AvgIpc) is 2.87. The van der Waals surface area contributed by atoms with Crippen molar-refractivity contribution < 1.29 is 22.3 Å². The normalized spacial score (nSPS) is 18.2. The van der Waals surface area contributed by atoms with Gasteiger partial charge in [-0.1, -0.05) is 49.4 Å². The first-order chi connectivity index (χ1) is 16.4. The molecule has 0 spiro atoms. The Bertz CT molecular complexity index is 1130. The molecule has 0 atom stereocenters. The molecule has 0 aliphatic heterocycles. The summed E-state index contributed by atoms with van der Waals surface area (Å²) in [5.41, 5.74) is 2.89. The highest BCUT2D eigenvalue weighted by Gasteiger charge is 2.27. The number of methoxy groups -OCH3 is 1. The van der Waals surface area contributed by atoms with Gasteiger partial charge >= 0.3 is 0 Å². The van der Waals surface area contributed by atoms with E-state index < -0.39 is 23.3 Å². The maximum Gasteiger partial charge on any atom is 0.200 e. The highest BCUT2D eigenvalue weighted by atomic mass is 19.2. The molecule has 0 unspecified atom stereocenters. The van der Waals surface area contributed by atoms with Gasteiger partial charge in [-0.15, -0.1) is 0 Å². The fourth-order valence-electron chi connectivity index (χ4n) is 5.07. The summed E-state index contributed by atoms with van der Waals surface area (Å²) < 4.78 is 63.0. The monoisotopic (exact) mass is 470 g/mol. The minimum absolute atomic E-state index is 0.0302. The lowest BCUT2D eigenvalue weighted by atomic mass is 9.76. The van der Waals surface area contributed by atoms with Crippen molar-refractivity contribution in [1.29, 1.82) is 0 Å². The zero-order chi connectivity index (χ0) is 24.2. The first kappa shape index (κ1) is 24.3. The lowest BCUT2D eigenvalue weighted by Crippen LogP contribution is -2.16. The molecule has 1 nitrogen and oxygen atoms in total. The third kappa shape index (κ3) is 4.98. The summed E-state index contributed by atoms with van der Waals surface area (Å²) in [7, 11) is 1.31. The van der Waals surface area contributed by atoms with Gasteiger partial charge in [-0.25, -0.2) is 13.2 Å². The fourth-order valence-corrected chi connectivity index (χ4v) is 5.07. The average molecular weight is 471 g/mol. The number of aryl methyl sites for hydroxylation is 2. The van der Waals surface area contributed by atoms with Crippen LogP contribution in [0.25, 0.3) is 11.1 Å². The molecule has 3 aromatic carbocycles. The summed E-state index contributed by atoms with van der Waals surface area (Å²) in [4.78, 5) is 0. The molecule has 5 heteroatoms. The molecular weight excluding hydrogens is 440 g/mol. The minimum atomic E-state index is -0.953. The maximum atomic E-state index is 15.0. The topological polar surface area (TPSA) is 9.23 Å². The zero-order valence-electron chi connectivity index (χ0n) is 19.6. The second-order valence-electron chi connectivity index (χ2n) is 9.19. The maximum absolute atomic E-state index is 15.0. The van der Waals surface area contributed by atoms with Crippen molar-refractivity contribution in [3.63, 3.8) is 0 Å². The minimum Gasteiger partial charge on any atom is -0.494 e. The van der Waals surface area contributed by atoms with Gasteiger partial charge in [0.1, 0.15) is 0 Å². The van der Waals surface area contributed by atoms with Gasteiger partial charge < -0.3 is 4.74 Å². The Kier molecular flexibility index (Phi) is 7.60. The van der Waals surface area contributed by atoms with Gasteiger partial charge in [-0.2, -0.15) is 4.39 Å². The number of hydrogen-bond acceptors (Lipinski definition) is 1. The smallest absolute Gasteiger partial charge is 0.200 e. The van der Waals surface area contributed by atoms with Crippen LogP contribution in [0.5, 0.6) is 5.75 Å². The Morgan fingerprint density at radius 3 is 2.12 bits per heavy atom. The molecule has 4 rings (SSSR count). The molecule has 0 saturated heterocycles. The van der Waals surface area contributed by atoms with E-state index in [1.165, 1.54) is 13.2 Å². The molecular formula is C29H30F4O. The van der Waals surface area contributed by atoms with Crippen LogP contribution < -0.4 is 4.74 Å². The van der Waals surface area contributed by atoms with Gasteiger partial charge in [-0.3, -0.25) is 0 Å². The number of rotatable bonds is 7. The molecule has 0 N–H and O–H groups in total. The molecule has 34 heavy (non-hydrogen) atoms. The predicted molar refractivity (Wildman–Crippen MR) is 127 cm³/mol. The molecule has 1 aliphatic rings. The van der Waals surface area contributed by atoms with Crippen molar-refractivity contribution >= 4 is 0 Å². The second-order valence-corrected chi connectivity index (χ2v) is 9.19. The molecule has 0 heterocycles. The van der Waals surface area contributed by atoms with Gasteiger partial charge in [0, 0.05) is 5.56 Å². The van der Waals surface area contributed by atoms with Gasteiger partial charge in [0.15, 0.2) is 23.2 Å². The molecule has 180 valence electrons. The number of hydrogen-bond donors (Lipinski definition) is 0. The molecule has 3 aromatic rings. The van der Waals surface area contributed by atoms with Crippen molar-refractivity contribution in [2.75, 3.05) is 7.11 Å². The summed E-state index contributed by atoms with van der Waals surface area (Å²) in [6.45, 7) is 2.05. The lowest BCUT2D eigenvalue weighted by Gasteiger charge is -2.29. The van der Waals surface area contributed by atoms with Gasteiger partial charge in [0.05, 0.1) is 7.11 Å². The van der Waals surface area contributed by atoms with Gasteiger partial charge in [0.2, 0.25) is 5.82 Å². The van der Waals surface area contributed by atoms with Crippen LogP contribution in [0.4, 0.5) is 17.6 Å². The number of halogens is 4. The molecule has 0 amide bonds. The SMILES string of the molecule is CCc1ccc(-c2ccc(C3CCC(CCc4ccc(OC)c(F)c4F)CC3)c(F)c2F)cc1. The zero-order valence-corrected chi connectivity index (χ0v) is 19.6. The van der Waals surface area contributed by atoms with Crippen molar-refractivity contribution in [3.8, 4) is 16.9 Å². The Morgan fingerprint density at radius 1 is 0.765 bits per heavy atom. The van der Waals surface area contributed by atoms with E-state index in [9.17, 15) is 13.2 Å². The van der Waals surface area contributed by atoms with Crippen LogP contribution in [0.15, 0.2) is 48.5 Å². The Morgan fingerprint density at radius 2 is 1.47 bits per heavy atom. The van der Waals surface area contributed by atoms with E-state index in [1.54, 1.807) is 18.2 Å². The van der Waals surface area contributed by atoms with Crippen LogP contribution in [-0.4, -0.2) is 7.11 Å². The van der Waals surface area contributed by atoms with Crippen LogP contribution in [0.2, 0.25) is 0 Å². The van der Waals surface area contributed by atoms with E-state index >= 15 is 4.39 Å². The highest BCUT2D eigenvalue weighted by Crippen LogP contribution is 2.40. The van der Waals surface area contributed by atoms with Gasteiger partial charge in [0.25, 0.3) is 0 Å². The molecule has 1 saturated carbocycles. The fraction of sp³-hybridized carbons (Fsp3) is 0.379. The predicted octanol–water partition coefficient (Wildman–Crippen LogP) is 8.39. The van der Waals surface area contributed by atoms with Crippen LogP contribution in [0.3, 0.4) is 0 Å². The summed E-state index contributed by atoms with van der Waals surface area (Å²) in [5, 5.41) is 0. The molecule has 1 aliphatic carbocycles.